The number of ether oxygens (including phenoxy) is 6. The van der Waals surface area contributed by atoms with Crippen molar-refractivity contribution in [2.75, 3.05) is 19.8 Å². The second-order valence-corrected chi connectivity index (χ2v) is 18.3. The van der Waals surface area contributed by atoms with Crippen molar-refractivity contribution in [1.82, 2.24) is 0 Å². The topological polar surface area (TPSA) is 194 Å². The summed E-state index contributed by atoms with van der Waals surface area (Å²) in [5.41, 5.74) is -0.0420. The Hall–Kier alpha value is -0.810. The molecular formula is C38H60O13. The molecule has 4 heterocycles. The van der Waals surface area contributed by atoms with Gasteiger partial charge in [-0.25, -0.2) is 0 Å². The molecule has 6 unspecified atom stereocenters. The largest absolute Gasteiger partial charge is 0.388 e. The molecule has 4 saturated carbocycles. The van der Waals surface area contributed by atoms with E-state index in [-0.39, 0.29) is 41.8 Å². The number of carbonyl (C=O) groups is 1. The fourth-order valence-corrected chi connectivity index (χ4v) is 12.6. The second kappa shape index (κ2) is 13.4. The summed E-state index contributed by atoms with van der Waals surface area (Å²) in [5.74, 6) is 2.18. The van der Waals surface area contributed by atoms with Gasteiger partial charge in [0.1, 0.15) is 48.5 Å². The zero-order chi connectivity index (χ0) is 36.2. The first-order valence-corrected chi connectivity index (χ1v) is 19.6. The number of hydrogen-bond donors (Lipinski definition) is 6. The van der Waals surface area contributed by atoms with E-state index in [0.717, 1.165) is 45.1 Å². The zero-order valence-electron chi connectivity index (χ0n) is 30.4. The monoisotopic (exact) mass is 724 g/mol. The first-order chi connectivity index (χ1) is 24.2. The van der Waals surface area contributed by atoms with Crippen LogP contribution in [0.25, 0.3) is 0 Å². The van der Waals surface area contributed by atoms with Crippen molar-refractivity contribution in [3.8, 4) is 0 Å². The summed E-state index contributed by atoms with van der Waals surface area (Å²) in [5, 5.41) is 62.1. The fourth-order valence-electron chi connectivity index (χ4n) is 12.6. The van der Waals surface area contributed by atoms with Crippen molar-refractivity contribution in [3.05, 3.63) is 0 Å². The Morgan fingerprint density at radius 1 is 0.804 bits per heavy atom. The van der Waals surface area contributed by atoms with Gasteiger partial charge in [-0.15, -0.1) is 0 Å². The number of aliphatic hydroxyl groups is 6. The number of aliphatic hydroxyl groups excluding tert-OH is 6. The molecule has 0 bridgehead atoms. The maximum absolute atomic E-state index is 14.2. The normalized spacial score (nSPS) is 58.5. The van der Waals surface area contributed by atoms with Gasteiger partial charge in [-0.2, -0.15) is 0 Å². The average Bonchev–Trinajstić information content (AvgIpc) is 3.55. The Kier molecular flexibility index (Phi) is 9.79. The van der Waals surface area contributed by atoms with Gasteiger partial charge in [0.15, 0.2) is 18.4 Å². The molecule has 21 atom stereocenters. The lowest BCUT2D eigenvalue weighted by Gasteiger charge is -2.60. The number of carbonyl (C=O) groups excluding carboxylic acids is 1. The Morgan fingerprint density at radius 3 is 2.29 bits per heavy atom. The number of Topliss-reactive ketones (excluding diaryl/α,β-unsaturated/α-hetero) is 1. The maximum atomic E-state index is 14.2. The molecule has 290 valence electrons. The summed E-state index contributed by atoms with van der Waals surface area (Å²) in [6, 6.07) is 0. The van der Waals surface area contributed by atoms with Crippen LogP contribution in [0.1, 0.15) is 85.5 Å². The van der Waals surface area contributed by atoms with Gasteiger partial charge in [-0.1, -0.05) is 27.7 Å². The van der Waals surface area contributed by atoms with Crippen LogP contribution in [0.2, 0.25) is 0 Å². The first kappa shape index (κ1) is 37.1. The average molecular weight is 725 g/mol. The molecule has 4 saturated heterocycles. The minimum absolute atomic E-state index is 0.118. The Balaban J connectivity index is 0.910. The number of fused-ring (bicyclic) bond motifs is 7. The summed E-state index contributed by atoms with van der Waals surface area (Å²) in [6.45, 7) is 9.54. The molecule has 6 N–H and O–H groups in total. The molecule has 8 rings (SSSR count). The van der Waals surface area contributed by atoms with Crippen LogP contribution >= 0.6 is 0 Å². The molecule has 0 aromatic heterocycles. The van der Waals surface area contributed by atoms with Gasteiger partial charge >= 0.3 is 0 Å². The predicted molar refractivity (Wildman–Crippen MR) is 177 cm³/mol. The molecule has 0 aromatic carbocycles. The summed E-state index contributed by atoms with van der Waals surface area (Å²) in [4.78, 5) is 14.2. The van der Waals surface area contributed by atoms with E-state index in [9.17, 15) is 35.4 Å². The van der Waals surface area contributed by atoms with E-state index in [1.54, 1.807) is 0 Å². The molecule has 13 heteroatoms. The standard InChI is InChI=1S/C38H60O13/c1-17-5-10-38(48-14-17)18(2)28-26(51-38)13-22-20-12-24(39)23-11-19(6-8-36(23,3)21(20)7-9-37(22,28)4)49-35-33(45)31(43)30(42)27(50-35)16-47-34-32(44)29(41)25(40)15-46-34/h17-23,25-35,40-45H,5-16H2,1-4H3/t17-,18+,19+,20?,21?,22?,23-,25-,26?,27-,28?,29-,30-,31+,32-,33-,34+,35-,36-,37+,38?/m1/s1. The third-order valence-electron chi connectivity index (χ3n) is 15.6. The van der Waals surface area contributed by atoms with E-state index >= 15 is 0 Å². The van der Waals surface area contributed by atoms with Gasteiger partial charge in [-0.3, -0.25) is 4.79 Å². The van der Waals surface area contributed by atoms with Crippen molar-refractivity contribution in [2.24, 2.45) is 52.3 Å². The quantitative estimate of drug-likeness (QED) is 0.222. The Labute approximate surface area is 300 Å². The molecule has 51 heavy (non-hydrogen) atoms. The van der Waals surface area contributed by atoms with E-state index in [1.807, 2.05) is 0 Å². The molecular weight excluding hydrogens is 664 g/mol. The number of hydrogen-bond acceptors (Lipinski definition) is 13. The van der Waals surface area contributed by atoms with Crippen LogP contribution < -0.4 is 0 Å². The van der Waals surface area contributed by atoms with Crippen molar-refractivity contribution in [1.29, 1.82) is 0 Å². The van der Waals surface area contributed by atoms with E-state index < -0.39 is 67.2 Å². The lowest BCUT2D eigenvalue weighted by Crippen LogP contribution is -2.61. The lowest BCUT2D eigenvalue weighted by atomic mass is 9.44. The lowest BCUT2D eigenvalue weighted by molar-refractivity contribution is -0.330. The van der Waals surface area contributed by atoms with Gasteiger partial charge in [-0.05, 0) is 85.4 Å². The highest BCUT2D eigenvalue weighted by Gasteiger charge is 2.70. The summed E-state index contributed by atoms with van der Waals surface area (Å²) in [6.07, 6.45) is -4.98. The smallest absolute Gasteiger partial charge is 0.186 e. The molecule has 4 aliphatic carbocycles. The summed E-state index contributed by atoms with van der Waals surface area (Å²) >= 11 is 0. The Bertz CT molecular complexity index is 1290. The zero-order valence-corrected chi connectivity index (χ0v) is 30.4. The summed E-state index contributed by atoms with van der Waals surface area (Å²) < 4.78 is 36.4. The van der Waals surface area contributed by atoms with Crippen LogP contribution in [0.3, 0.4) is 0 Å². The van der Waals surface area contributed by atoms with Crippen LogP contribution in [0.4, 0.5) is 0 Å². The maximum Gasteiger partial charge on any atom is 0.186 e. The van der Waals surface area contributed by atoms with E-state index in [0.29, 0.717) is 54.8 Å². The Morgan fingerprint density at radius 2 is 1.55 bits per heavy atom. The van der Waals surface area contributed by atoms with Crippen molar-refractivity contribution in [3.63, 3.8) is 0 Å². The highest BCUT2D eigenvalue weighted by Crippen LogP contribution is 2.71. The molecule has 0 radical (unpaired) electrons. The first-order valence-electron chi connectivity index (χ1n) is 19.6. The van der Waals surface area contributed by atoms with Crippen LogP contribution in [0.5, 0.6) is 0 Å². The number of rotatable bonds is 5. The molecule has 8 aliphatic rings. The van der Waals surface area contributed by atoms with Crippen molar-refractivity contribution in [2.45, 2.75) is 159 Å². The van der Waals surface area contributed by atoms with Crippen molar-refractivity contribution >= 4 is 5.78 Å². The molecule has 1 spiro atoms. The van der Waals surface area contributed by atoms with Gasteiger partial charge in [0.25, 0.3) is 0 Å². The van der Waals surface area contributed by atoms with Crippen molar-refractivity contribution < 1.29 is 63.9 Å². The molecule has 4 aliphatic heterocycles. The molecule has 0 aromatic rings. The highest BCUT2D eigenvalue weighted by atomic mass is 16.7. The second-order valence-electron chi connectivity index (χ2n) is 18.3. The minimum Gasteiger partial charge on any atom is -0.388 e. The van der Waals surface area contributed by atoms with Gasteiger partial charge in [0, 0.05) is 24.7 Å². The van der Waals surface area contributed by atoms with E-state index in [1.165, 1.54) is 0 Å². The minimum atomic E-state index is -1.59. The highest BCUT2D eigenvalue weighted by molar-refractivity contribution is 5.83. The van der Waals surface area contributed by atoms with E-state index in [4.69, 9.17) is 28.4 Å². The van der Waals surface area contributed by atoms with E-state index in [2.05, 4.69) is 27.7 Å². The molecule has 13 nitrogen and oxygen atoms in total. The third-order valence-corrected chi connectivity index (χ3v) is 15.6. The SMILES string of the molecule is C[C@@H]1CCC2(OC1)OC1CC3C4CC(=O)[C@H]5C[C@@H](O[C@@H]6O[C@H](CO[C@@H]7OC[C@@H](O)[C@@H](O)[C@H]7O)[C@@H](O)[C@H](O)[C@H]6O)CC[C@]5(C)C4CC[C@]3(C)C1[C@@H]2C. The molecule has 0 amide bonds. The van der Waals surface area contributed by atoms with Crippen LogP contribution in [0.15, 0.2) is 0 Å². The van der Waals surface area contributed by atoms with Gasteiger partial charge in [0.2, 0.25) is 0 Å². The summed E-state index contributed by atoms with van der Waals surface area (Å²) in [7, 11) is 0. The third kappa shape index (κ3) is 5.91. The number of ketones is 1. The van der Waals surface area contributed by atoms with Crippen LogP contribution in [0, 0.1) is 52.3 Å². The van der Waals surface area contributed by atoms with Gasteiger partial charge in [0.05, 0.1) is 32.0 Å². The van der Waals surface area contributed by atoms with Gasteiger partial charge < -0.3 is 59.1 Å². The predicted octanol–water partition coefficient (Wildman–Crippen LogP) is 1.26. The fraction of sp³-hybridized carbons (Fsp3) is 0.974. The van der Waals surface area contributed by atoms with Crippen LogP contribution in [-0.4, -0.2) is 130 Å². The van der Waals surface area contributed by atoms with Crippen LogP contribution in [-0.2, 0) is 33.2 Å². The molecule has 8 fully saturated rings.